The minimum absolute atomic E-state index is 0.199. The van der Waals surface area contributed by atoms with Crippen LogP contribution in [0.5, 0.6) is 0 Å². The normalized spacial score (nSPS) is 38.7. The van der Waals surface area contributed by atoms with E-state index in [1.54, 1.807) is 4.31 Å². The van der Waals surface area contributed by atoms with Gasteiger partial charge in [-0.05, 0) is 37.8 Å². The second kappa shape index (κ2) is 4.50. The Balaban J connectivity index is 1.60. The van der Waals surface area contributed by atoms with Crippen LogP contribution in [0.3, 0.4) is 0 Å². The van der Waals surface area contributed by atoms with Crippen molar-refractivity contribution in [1.29, 1.82) is 0 Å². The molecule has 3 fully saturated rings. The summed E-state index contributed by atoms with van der Waals surface area (Å²) in [5.41, 5.74) is 0. The van der Waals surface area contributed by atoms with Gasteiger partial charge in [0.05, 0.1) is 0 Å². The molecule has 2 unspecified atom stereocenters. The number of hydrogen-bond donors (Lipinski definition) is 2. The lowest BCUT2D eigenvalue weighted by Crippen LogP contribution is -2.44. The van der Waals surface area contributed by atoms with Gasteiger partial charge < -0.3 is 5.32 Å². The molecule has 3 aliphatic rings. The smallest absolute Gasteiger partial charge is 0.279 e. The molecule has 17 heavy (non-hydrogen) atoms. The van der Waals surface area contributed by atoms with Crippen molar-refractivity contribution in [3.63, 3.8) is 0 Å². The van der Waals surface area contributed by atoms with Crippen LogP contribution < -0.4 is 10.0 Å². The van der Waals surface area contributed by atoms with Crippen molar-refractivity contribution >= 4 is 10.2 Å². The van der Waals surface area contributed by atoms with Crippen molar-refractivity contribution in [2.75, 3.05) is 26.2 Å². The third-order valence-corrected chi connectivity index (χ3v) is 5.90. The Kier molecular flexibility index (Phi) is 3.15. The van der Waals surface area contributed by atoms with Crippen LogP contribution in [-0.2, 0) is 10.2 Å². The molecule has 0 aromatic carbocycles. The van der Waals surface area contributed by atoms with Gasteiger partial charge in [0.2, 0.25) is 0 Å². The minimum Gasteiger partial charge on any atom is -0.316 e. The zero-order chi connectivity index (χ0) is 11.9. The fraction of sp³-hybridized carbons (Fsp3) is 1.00. The Bertz CT molecular complexity index is 366. The average molecular weight is 259 g/mol. The van der Waals surface area contributed by atoms with Crippen molar-refractivity contribution in [2.45, 2.75) is 31.7 Å². The minimum atomic E-state index is -3.23. The maximum atomic E-state index is 12.2. The van der Waals surface area contributed by atoms with Crippen LogP contribution in [0.2, 0.25) is 0 Å². The predicted molar refractivity (Wildman–Crippen MR) is 65.7 cm³/mol. The lowest BCUT2D eigenvalue weighted by Gasteiger charge is -2.21. The molecule has 98 valence electrons. The van der Waals surface area contributed by atoms with Gasteiger partial charge in [0.1, 0.15) is 0 Å². The molecule has 2 aliphatic heterocycles. The lowest BCUT2D eigenvalue weighted by atomic mass is 10.2. The highest BCUT2D eigenvalue weighted by molar-refractivity contribution is 7.87. The Labute approximate surface area is 103 Å². The number of nitrogens with zero attached hydrogens (tertiary/aromatic N) is 1. The summed E-state index contributed by atoms with van der Waals surface area (Å²) in [5.74, 6) is 1.08. The van der Waals surface area contributed by atoms with Crippen LogP contribution in [0, 0.1) is 11.8 Å². The van der Waals surface area contributed by atoms with E-state index >= 15 is 0 Å². The van der Waals surface area contributed by atoms with Gasteiger partial charge in [0, 0.05) is 19.1 Å². The molecule has 1 aliphatic carbocycles. The number of fused-ring (bicyclic) bond motifs is 1. The monoisotopic (exact) mass is 259 g/mol. The van der Waals surface area contributed by atoms with Crippen LogP contribution in [0.15, 0.2) is 0 Å². The Morgan fingerprint density at radius 3 is 2.18 bits per heavy atom. The molecule has 1 saturated carbocycles. The molecule has 2 saturated heterocycles. The van der Waals surface area contributed by atoms with Gasteiger partial charge in [-0.25, -0.2) is 0 Å². The highest BCUT2D eigenvalue weighted by Crippen LogP contribution is 2.42. The van der Waals surface area contributed by atoms with Gasteiger partial charge in [-0.15, -0.1) is 0 Å². The fourth-order valence-corrected chi connectivity index (χ4v) is 4.70. The topological polar surface area (TPSA) is 61.4 Å². The predicted octanol–water partition coefficient (Wildman–Crippen LogP) is -0.0854. The zero-order valence-corrected chi connectivity index (χ0v) is 10.9. The molecule has 0 aromatic rings. The van der Waals surface area contributed by atoms with E-state index in [0.717, 1.165) is 38.8 Å². The highest BCUT2D eigenvalue weighted by atomic mass is 32.2. The molecule has 0 spiro atoms. The van der Waals surface area contributed by atoms with Crippen LogP contribution >= 0.6 is 0 Å². The third-order valence-electron chi connectivity index (χ3n) is 4.28. The largest absolute Gasteiger partial charge is 0.316 e. The molecular weight excluding hydrogens is 238 g/mol. The van der Waals surface area contributed by atoms with Crippen LogP contribution in [0.1, 0.15) is 25.7 Å². The summed E-state index contributed by atoms with van der Waals surface area (Å²) in [6.07, 6.45) is 4.31. The van der Waals surface area contributed by atoms with Crippen molar-refractivity contribution in [3.05, 3.63) is 0 Å². The van der Waals surface area contributed by atoms with E-state index in [9.17, 15) is 8.42 Å². The van der Waals surface area contributed by atoms with E-state index in [2.05, 4.69) is 10.0 Å². The molecule has 5 nitrogen and oxygen atoms in total. The molecule has 0 radical (unpaired) electrons. The summed E-state index contributed by atoms with van der Waals surface area (Å²) < 4.78 is 29.0. The van der Waals surface area contributed by atoms with Crippen molar-refractivity contribution < 1.29 is 8.42 Å². The number of rotatable bonds is 3. The third kappa shape index (κ3) is 2.36. The van der Waals surface area contributed by atoms with Crippen molar-refractivity contribution in [3.8, 4) is 0 Å². The molecule has 0 bridgehead atoms. The first-order valence-electron chi connectivity index (χ1n) is 6.66. The lowest BCUT2D eigenvalue weighted by molar-refractivity contribution is 0.411. The van der Waals surface area contributed by atoms with Gasteiger partial charge in [-0.2, -0.15) is 17.4 Å². The number of nitrogens with one attached hydrogen (secondary N) is 2. The van der Waals surface area contributed by atoms with Crippen LogP contribution in [0.4, 0.5) is 0 Å². The molecule has 2 heterocycles. The standard InChI is InChI=1S/C11H21N3O2S/c15-17(16,14-5-3-1-2-4-6-14)13-11-9-7-12-8-10(9)11/h9-13H,1-8H2. The first-order chi connectivity index (χ1) is 8.18. The number of hydrogen-bond acceptors (Lipinski definition) is 3. The summed E-state index contributed by atoms with van der Waals surface area (Å²) >= 11 is 0. The summed E-state index contributed by atoms with van der Waals surface area (Å²) in [5, 5.41) is 3.28. The van der Waals surface area contributed by atoms with Gasteiger partial charge >= 0.3 is 0 Å². The van der Waals surface area contributed by atoms with Crippen molar-refractivity contribution in [1.82, 2.24) is 14.3 Å². The Morgan fingerprint density at radius 2 is 1.59 bits per heavy atom. The van der Waals surface area contributed by atoms with Gasteiger partial charge in [0.15, 0.2) is 0 Å². The van der Waals surface area contributed by atoms with E-state index in [1.165, 1.54) is 0 Å². The quantitative estimate of drug-likeness (QED) is 0.745. The maximum Gasteiger partial charge on any atom is 0.279 e. The molecule has 3 rings (SSSR count). The summed E-state index contributed by atoms with van der Waals surface area (Å²) in [7, 11) is -3.23. The van der Waals surface area contributed by atoms with E-state index in [0.29, 0.717) is 24.9 Å². The zero-order valence-electron chi connectivity index (χ0n) is 10.1. The summed E-state index contributed by atoms with van der Waals surface area (Å²) in [4.78, 5) is 0. The molecular formula is C11H21N3O2S. The van der Waals surface area contributed by atoms with Gasteiger partial charge in [0.25, 0.3) is 10.2 Å². The second-order valence-corrected chi connectivity index (χ2v) is 7.15. The van der Waals surface area contributed by atoms with E-state index in [1.807, 2.05) is 0 Å². The number of piperidine rings is 1. The molecule has 6 heteroatoms. The SMILES string of the molecule is O=S(=O)(NC1C2CNCC21)N1CCCCCC1. The first kappa shape index (κ1) is 11.9. The highest BCUT2D eigenvalue weighted by Gasteiger charge is 2.54. The van der Waals surface area contributed by atoms with Crippen LogP contribution in [-0.4, -0.2) is 44.9 Å². The van der Waals surface area contributed by atoms with E-state index in [-0.39, 0.29) is 6.04 Å². The Hall–Kier alpha value is -0.170. The average Bonchev–Trinajstić information content (AvgIpc) is 2.81. The first-order valence-corrected chi connectivity index (χ1v) is 8.10. The Morgan fingerprint density at radius 1 is 1.00 bits per heavy atom. The summed E-state index contributed by atoms with van der Waals surface area (Å²) in [6, 6.07) is 0.199. The van der Waals surface area contributed by atoms with Crippen molar-refractivity contribution in [2.24, 2.45) is 11.8 Å². The molecule has 2 atom stereocenters. The fourth-order valence-electron chi connectivity index (χ4n) is 3.12. The van der Waals surface area contributed by atoms with Crippen LogP contribution in [0.25, 0.3) is 0 Å². The van der Waals surface area contributed by atoms with Gasteiger partial charge in [-0.1, -0.05) is 12.8 Å². The molecule has 2 N–H and O–H groups in total. The maximum absolute atomic E-state index is 12.2. The van der Waals surface area contributed by atoms with E-state index < -0.39 is 10.2 Å². The summed E-state index contributed by atoms with van der Waals surface area (Å²) in [6.45, 7) is 3.32. The van der Waals surface area contributed by atoms with E-state index in [4.69, 9.17) is 0 Å². The second-order valence-electron chi connectivity index (χ2n) is 5.45. The molecule has 0 aromatic heterocycles. The van der Waals surface area contributed by atoms with Gasteiger partial charge in [-0.3, -0.25) is 0 Å². The molecule has 0 amide bonds.